The van der Waals surface area contributed by atoms with Crippen LogP contribution in [0.5, 0.6) is 5.75 Å². The smallest absolute Gasteiger partial charge is 0.311 e. The lowest BCUT2D eigenvalue weighted by molar-refractivity contribution is -0.134. The van der Waals surface area contributed by atoms with E-state index >= 15 is 0 Å². The third-order valence-corrected chi connectivity index (χ3v) is 8.01. The molecule has 2 amide bonds. The first-order valence-corrected chi connectivity index (χ1v) is 13.0. The van der Waals surface area contributed by atoms with Crippen LogP contribution < -0.4 is 9.64 Å². The summed E-state index contributed by atoms with van der Waals surface area (Å²) in [4.78, 5) is 41.1. The lowest BCUT2D eigenvalue weighted by Gasteiger charge is -2.45. The Morgan fingerprint density at radius 3 is 1.69 bits per heavy atom. The van der Waals surface area contributed by atoms with Gasteiger partial charge in [0.2, 0.25) is 11.8 Å². The number of hydrogen-bond acceptors (Lipinski definition) is 4. The van der Waals surface area contributed by atoms with Crippen molar-refractivity contribution in [3.05, 3.63) is 95.1 Å². The number of imide groups is 1. The predicted molar refractivity (Wildman–Crippen MR) is 137 cm³/mol. The third-order valence-electron chi connectivity index (χ3n) is 8.01. The topological polar surface area (TPSA) is 63.7 Å². The molecule has 1 aliphatic heterocycles. The number of ether oxygens (including phenoxy) is 1. The van der Waals surface area contributed by atoms with Crippen molar-refractivity contribution in [2.75, 3.05) is 4.90 Å². The van der Waals surface area contributed by atoms with Crippen LogP contribution in [0.2, 0.25) is 0 Å². The van der Waals surface area contributed by atoms with Crippen LogP contribution in [0.1, 0.15) is 73.1 Å². The van der Waals surface area contributed by atoms with E-state index in [4.69, 9.17) is 4.74 Å². The van der Waals surface area contributed by atoms with Crippen LogP contribution in [0.15, 0.2) is 72.8 Å². The van der Waals surface area contributed by atoms with E-state index in [0.717, 1.165) is 47.9 Å². The molecule has 5 heteroatoms. The van der Waals surface area contributed by atoms with Crippen LogP contribution >= 0.6 is 0 Å². The maximum Gasteiger partial charge on any atom is 0.311 e. The fourth-order valence-corrected chi connectivity index (χ4v) is 6.47. The van der Waals surface area contributed by atoms with Gasteiger partial charge in [-0.05, 0) is 52.9 Å². The second-order valence-electron chi connectivity index (χ2n) is 10.1. The van der Waals surface area contributed by atoms with Crippen LogP contribution in [-0.2, 0) is 14.4 Å². The van der Waals surface area contributed by atoms with Gasteiger partial charge in [0.05, 0.1) is 17.5 Å². The highest BCUT2D eigenvalue weighted by Gasteiger charge is 2.61. The van der Waals surface area contributed by atoms with Crippen molar-refractivity contribution >= 4 is 23.5 Å². The molecule has 36 heavy (non-hydrogen) atoms. The Balaban J connectivity index is 1.27. The van der Waals surface area contributed by atoms with E-state index in [-0.39, 0.29) is 29.6 Å². The van der Waals surface area contributed by atoms with Gasteiger partial charge in [0.25, 0.3) is 0 Å². The highest BCUT2D eigenvalue weighted by molar-refractivity contribution is 6.23. The molecule has 3 aliphatic carbocycles. The molecule has 5 nitrogen and oxygen atoms in total. The number of amides is 2. The molecule has 0 spiro atoms. The number of carbonyl (C=O) groups is 3. The van der Waals surface area contributed by atoms with Gasteiger partial charge in [-0.3, -0.25) is 14.4 Å². The standard InChI is InChI=1S/C31H29NO4/c1-2-3-4-5-14-25(33)36-20-17-15-19(16-18-20)32-30(34)28-26-21-10-6-7-11-22(21)27(29(28)31(32)35)24-13-9-8-12-23(24)26/h6-13,15-18,26-29H,2-5,14H2,1H3/t26?,27?,28-,29+. The van der Waals surface area contributed by atoms with Gasteiger partial charge in [-0.1, -0.05) is 74.7 Å². The number of esters is 1. The van der Waals surface area contributed by atoms with Crippen LogP contribution in [-0.4, -0.2) is 17.8 Å². The Morgan fingerprint density at radius 1 is 0.722 bits per heavy atom. The zero-order chi connectivity index (χ0) is 24.8. The first kappa shape index (κ1) is 22.7. The lowest BCUT2D eigenvalue weighted by Crippen LogP contribution is -2.41. The Kier molecular flexibility index (Phi) is 5.71. The molecule has 0 N–H and O–H groups in total. The summed E-state index contributed by atoms with van der Waals surface area (Å²) < 4.78 is 5.46. The van der Waals surface area contributed by atoms with E-state index in [1.807, 2.05) is 24.3 Å². The molecule has 182 valence electrons. The maximum atomic E-state index is 13.8. The molecule has 7 rings (SSSR count). The summed E-state index contributed by atoms with van der Waals surface area (Å²) in [6.07, 6.45) is 4.45. The predicted octanol–water partition coefficient (Wildman–Crippen LogP) is 5.96. The van der Waals surface area contributed by atoms with E-state index in [0.29, 0.717) is 17.9 Å². The molecule has 1 fully saturated rings. The van der Waals surface area contributed by atoms with Crippen molar-refractivity contribution in [3.8, 4) is 5.75 Å². The van der Waals surface area contributed by atoms with Crippen molar-refractivity contribution in [3.63, 3.8) is 0 Å². The van der Waals surface area contributed by atoms with Gasteiger partial charge in [0, 0.05) is 18.3 Å². The van der Waals surface area contributed by atoms with E-state index < -0.39 is 11.8 Å². The SMILES string of the molecule is CCCCCCC(=O)Oc1ccc(N2C(=O)[C@@H]3C4c5ccccc5C(c5ccccc54)[C@@H]3C2=O)cc1. The summed E-state index contributed by atoms with van der Waals surface area (Å²) in [7, 11) is 0. The van der Waals surface area contributed by atoms with E-state index in [2.05, 4.69) is 31.2 Å². The zero-order valence-electron chi connectivity index (χ0n) is 20.4. The summed E-state index contributed by atoms with van der Waals surface area (Å²) >= 11 is 0. The zero-order valence-corrected chi connectivity index (χ0v) is 20.4. The molecule has 2 atom stereocenters. The van der Waals surface area contributed by atoms with E-state index in [1.54, 1.807) is 24.3 Å². The minimum Gasteiger partial charge on any atom is -0.427 e. The molecular weight excluding hydrogens is 450 g/mol. The molecule has 0 radical (unpaired) electrons. The summed E-state index contributed by atoms with van der Waals surface area (Å²) in [5.74, 6) is -1.19. The summed E-state index contributed by atoms with van der Waals surface area (Å²) in [5, 5.41) is 0. The Hall–Kier alpha value is -3.73. The van der Waals surface area contributed by atoms with Gasteiger partial charge in [0.15, 0.2) is 0 Å². The lowest BCUT2D eigenvalue weighted by atomic mass is 9.55. The highest BCUT2D eigenvalue weighted by Crippen LogP contribution is 2.61. The first-order chi connectivity index (χ1) is 17.6. The fraction of sp³-hybridized carbons (Fsp3) is 0.323. The van der Waals surface area contributed by atoms with Crippen LogP contribution in [0.3, 0.4) is 0 Å². The average Bonchev–Trinajstić information content (AvgIpc) is 3.17. The van der Waals surface area contributed by atoms with Crippen molar-refractivity contribution < 1.29 is 19.1 Å². The molecule has 0 unspecified atom stereocenters. The minimum absolute atomic E-state index is 0.123. The number of hydrogen-bond donors (Lipinski definition) is 0. The normalized spacial score (nSPS) is 23.3. The number of unbranched alkanes of at least 4 members (excludes halogenated alkanes) is 3. The quantitative estimate of drug-likeness (QED) is 0.182. The second-order valence-corrected chi connectivity index (χ2v) is 10.1. The van der Waals surface area contributed by atoms with Crippen molar-refractivity contribution in [2.45, 2.75) is 50.9 Å². The number of anilines is 1. The number of rotatable bonds is 7. The Labute approximate surface area is 211 Å². The summed E-state index contributed by atoms with van der Waals surface area (Å²) in [5.41, 5.74) is 5.16. The molecule has 3 aromatic carbocycles. The highest BCUT2D eigenvalue weighted by atomic mass is 16.5. The molecule has 0 aromatic heterocycles. The minimum atomic E-state index is -0.409. The van der Waals surface area contributed by atoms with Gasteiger partial charge in [0.1, 0.15) is 5.75 Å². The van der Waals surface area contributed by atoms with Gasteiger partial charge >= 0.3 is 5.97 Å². The van der Waals surface area contributed by atoms with Gasteiger partial charge in [-0.15, -0.1) is 0 Å². The molecule has 1 saturated heterocycles. The van der Waals surface area contributed by atoms with Crippen molar-refractivity contribution in [2.24, 2.45) is 11.8 Å². The third kappa shape index (κ3) is 3.48. The number of carbonyl (C=O) groups excluding carboxylic acids is 3. The maximum absolute atomic E-state index is 13.8. The Morgan fingerprint density at radius 2 is 1.22 bits per heavy atom. The monoisotopic (exact) mass is 479 g/mol. The summed E-state index contributed by atoms with van der Waals surface area (Å²) in [6, 6.07) is 23.2. The fourth-order valence-electron chi connectivity index (χ4n) is 6.47. The van der Waals surface area contributed by atoms with Crippen molar-refractivity contribution in [1.82, 2.24) is 0 Å². The van der Waals surface area contributed by atoms with Gasteiger partial charge in [-0.25, -0.2) is 4.90 Å². The van der Waals surface area contributed by atoms with Gasteiger partial charge < -0.3 is 4.74 Å². The largest absolute Gasteiger partial charge is 0.427 e. The second kappa shape index (κ2) is 9.05. The molecule has 4 aliphatic rings. The van der Waals surface area contributed by atoms with Gasteiger partial charge in [-0.2, -0.15) is 0 Å². The van der Waals surface area contributed by atoms with Crippen LogP contribution in [0.25, 0.3) is 0 Å². The molecule has 3 aromatic rings. The summed E-state index contributed by atoms with van der Waals surface area (Å²) in [6.45, 7) is 2.13. The molecule has 2 bridgehead atoms. The van der Waals surface area contributed by atoms with Crippen LogP contribution in [0, 0.1) is 11.8 Å². The molecule has 0 saturated carbocycles. The number of benzene rings is 3. The number of nitrogens with zero attached hydrogens (tertiary/aromatic N) is 1. The van der Waals surface area contributed by atoms with E-state index in [1.165, 1.54) is 4.90 Å². The van der Waals surface area contributed by atoms with Crippen molar-refractivity contribution in [1.29, 1.82) is 0 Å². The van der Waals surface area contributed by atoms with Crippen LogP contribution in [0.4, 0.5) is 5.69 Å². The first-order valence-electron chi connectivity index (χ1n) is 13.0. The average molecular weight is 480 g/mol. The molecule has 1 heterocycles. The molecular formula is C31H29NO4. The van der Waals surface area contributed by atoms with E-state index in [9.17, 15) is 14.4 Å². The Bertz CT molecular complexity index is 1230.